The number of anilines is 1. The number of aliphatic hydroxyl groups excluding tert-OH is 2. The number of rotatable bonds is 21. The highest BCUT2D eigenvalue weighted by Gasteiger charge is 2.50. The Balaban J connectivity index is 1.20. The molecular weight excluding hydrogens is 871 g/mol. The van der Waals surface area contributed by atoms with Crippen LogP contribution in [-0.4, -0.2) is 128 Å². The van der Waals surface area contributed by atoms with Gasteiger partial charge in [0.25, 0.3) is 0 Å². The summed E-state index contributed by atoms with van der Waals surface area (Å²) in [6.45, 7) is 0.345. The highest BCUT2D eigenvalue weighted by atomic mass is 32.2. The van der Waals surface area contributed by atoms with E-state index in [4.69, 9.17) is 19.5 Å². The molecule has 0 saturated carbocycles. The summed E-state index contributed by atoms with van der Waals surface area (Å²) in [6, 6.07) is 6.21. The molecule has 11 N–H and O–H groups in total. The second-order valence-corrected chi connectivity index (χ2v) is 18.5. The number of nitrogens with two attached hydrogens (primary N) is 1. The molecule has 2 amide bonds. The third-order valence-electron chi connectivity index (χ3n) is 8.05. The van der Waals surface area contributed by atoms with Crippen LogP contribution in [0.5, 0.6) is 5.75 Å². The number of phenols is 1. The van der Waals surface area contributed by atoms with Gasteiger partial charge >= 0.3 is 23.5 Å². The number of nitrogen functional groups attached to an aromatic ring is 1. The fourth-order valence-electron chi connectivity index (χ4n) is 5.08. The molecule has 1 saturated heterocycles. The Kier molecular flexibility index (Phi) is 16.5. The number of aliphatic hydroxyl groups is 2. The number of thioether (sulfide) groups is 1. The molecule has 0 aliphatic carbocycles. The summed E-state index contributed by atoms with van der Waals surface area (Å²) >= 11 is 0.956. The van der Waals surface area contributed by atoms with Crippen molar-refractivity contribution >= 4 is 75.2 Å². The smallest absolute Gasteiger partial charge is 0.481 e. The van der Waals surface area contributed by atoms with Gasteiger partial charge in [-0.15, -0.1) is 0 Å². The van der Waals surface area contributed by atoms with Gasteiger partial charge in [-0.3, -0.25) is 32.5 Å². The van der Waals surface area contributed by atoms with Crippen molar-refractivity contribution in [2.75, 3.05) is 37.8 Å². The molecule has 0 bridgehead atoms. The van der Waals surface area contributed by atoms with Crippen LogP contribution in [-0.2, 0) is 50.7 Å². The number of aromatic nitrogens is 4. The van der Waals surface area contributed by atoms with Crippen LogP contribution < -0.4 is 16.4 Å². The van der Waals surface area contributed by atoms with Gasteiger partial charge in [0.15, 0.2) is 17.7 Å². The number of phenolic OH excluding ortho intramolecular Hbond substituents is 1. The largest absolute Gasteiger partial charge is 0.508 e. The van der Waals surface area contributed by atoms with Crippen LogP contribution in [0.2, 0.25) is 0 Å². The van der Waals surface area contributed by atoms with E-state index in [-0.39, 0.29) is 53.1 Å². The minimum Gasteiger partial charge on any atom is -0.508 e. The lowest BCUT2D eigenvalue weighted by atomic mass is 9.87. The average molecular weight is 914 g/mol. The van der Waals surface area contributed by atoms with Crippen molar-refractivity contribution in [2.45, 2.75) is 50.9 Å². The van der Waals surface area contributed by atoms with Crippen molar-refractivity contribution in [3.8, 4) is 5.75 Å². The van der Waals surface area contributed by atoms with Crippen LogP contribution in [0.15, 0.2) is 43.0 Å². The van der Waals surface area contributed by atoms with Crippen molar-refractivity contribution in [3.05, 3.63) is 48.6 Å². The highest BCUT2D eigenvalue weighted by Crippen LogP contribution is 2.61. The van der Waals surface area contributed by atoms with E-state index in [2.05, 4.69) is 34.4 Å². The van der Waals surface area contributed by atoms with Gasteiger partial charge < -0.3 is 56.0 Å². The van der Waals surface area contributed by atoms with E-state index in [1.807, 2.05) is 0 Å². The topological polar surface area (TPSA) is 384 Å². The Morgan fingerprint density at radius 2 is 1.71 bits per heavy atom. The molecule has 2 aromatic heterocycles. The number of phosphoric acid groups is 3. The Hall–Kier alpha value is -3.68. The summed E-state index contributed by atoms with van der Waals surface area (Å²) in [5.41, 5.74) is 4.94. The Labute approximate surface area is 338 Å². The Morgan fingerprint density at radius 3 is 2.39 bits per heavy atom. The number of fused-ring (bicyclic) bond motifs is 1. The lowest BCUT2D eigenvalue weighted by Crippen LogP contribution is -2.46. The molecule has 1 aliphatic rings. The maximum atomic E-state index is 12.7. The summed E-state index contributed by atoms with van der Waals surface area (Å²) in [4.78, 5) is 87.7. The van der Waals surface area contributed by atoms with Crippen molar-refractivity contribution < 1.29 is 85.6 Å². The first-order chi connectivity index (χ1) is 27.5. The first-order valence-corrected chi connectivity index (χ1v) is 22.5. The standard InChI is InChI=1S/C30H42N7O18P3S/c1-30(2,25(42)28(43)33-10-9-20(39)32-11-12-59-21(40)8-5-17-3-6-18(38)7-4-17)14-52-58(49,50)55-57(47,48)51-13-19-24(54-56(44,45)46)23(41)29(53-19)37-16-36-22-26(31)34-15-35-27(22)37/h3-8,15-16,19,23-25,29,38,41-42H,9-14H2,1-2H3,(H,32,39)(H,33,43)(H,47,48)(H,49,50)(H2,31,34,35)(H2,44,45,46)/b8-5+/t19-,23-,24-,25?,29-/m1/s1. The molecule has 1 fully saturated rings. The summed E-state index contributed by atoms with van der Waals surface area (Å²) < 4.78 is 62.1. The van der Waals surface area contributed by atoms with Crippen molar-refractivity contribution in [1.29, 1.82) is 0 Å². The molecule has 29 heteroatoms. The number of hydrogen-bond acceptors (Lipinski definition) is 19. The minimum absolute atomic E-state index is 0.0243. The van der Waals surface area contributed by atoms with Gasteiger partial charge in [-0.25, -0.2) is 28.6 Å². The number of nitrogens with one attached hydrogen (secondary N) is 2. The Morgan fingerprint density at radius 1 is 1.03 bits per heavy atom. The summed E-state index contributed by atoms with van der Waals surface area (Å²) in [7, 11) is -16.4. The number of ether oxygens (including phenoxy) is 1. The van der Waals surface area contributed by atoms with E-state index in [9.17, 15) is 63.0 Å². The number of carbonyl (C=O) groups is 3. The maximum absolute atomic E-state index is 12.7. The van der Waals surface area contributed by atoms with Crippen LogP contribution in [0.1, 0.15) is 32.1 Å². The molecular formula is C30H42N7O18P3S. The van der Waals surface area contributed by atoms with Crippen molar-refractivity contribution in [1.82, 2.24) is 30.2 Å². The fourth-order valence-corrected chi connectivity index (χ4v) is 8.48. The lowest BCUT2D eigenvalue weighted by molar-refractivity contribution is -0.137. The van der Waals surface area contributed by atoms with Crippen LogP contribution in [0, 0.1) is 5.41 Å². The summed E-state index contributed by atoms with van der Waals surface area (Å²) in [6.07, 6.45) is -4.10. The molecule has 3 heterocycles. The zero-order valence-electron chi connectivity index (χ0n) is 31.0. The molecule has 1 aromatic carbocycles. The molecule has 0 radical (unpaired) electrons. The minimum atomic E-state index is -5.58. The predicted octanol–water partition coefficient (Wildman–Crippen LogP) is 0.0837. The van der Waals surface area contributed by atoms with E-state index in [1.165, 1.54) is 32.1 Å². The monoisotopic (exact) mass is 913 g/mol. The summed E-state index contributed by atoms with van der Waals surface area (Å²) in [5, 5.41) is 35.4. The number of hydrogen-bond donors (Lipinski definition) is 10. The van der Waals surface area contributed by atoms with Gasteiger partial charge in [0, 0.05) is 30.7 Å². The normalized spacial score (nSPS) is 21.2. The molecule has 0 spiro atoms. The molecule has 326 valence electrons. The van der Waals surface area contributed by atoms with Crippen LogP contribution in [0.4, 0.5) is 5.82 Å². The lowest BCUT2D eigenvalue weighted by Gasteiger charge is -2.30. The number of nitrogens with zero attached hydrogens (tertiary/aromatic N) is 4. The maximum Gasteiger partial charge on any atom is 0.481 e. The fraction of sp³-hybridized carbons (Fsp3) is 0.467. The summed E-state index contributed by atoms with van der Waals surface area (Å²) in [5.74, 6) is -1.17. The zero-order chi connectivity index (χ0) is 43.8. The molecule has 7 atom stereocenters. The van der Waals surface area contributed by atoms with E-state index in [1.54, 1.807) is 18.2 Å². The van der Waals surface area contributed by atoms with Crippen LogP contribution in [0.25, 0.3) is 17.2 Å². The van der Waals surface area contributed by atoms with Crippen LogP contribution in [0.3, 0.4) is 0 Å². The van der Waals surface area contributed by atoms with Crippen molar-refractivity contribution in [3.63, 3.8) is 0 Å². The average Bonchev–Trinajstić information content (AvgIpc) is 3.71. The molecule has 3 unspecified atom stereocenters. The van der Waals surface area contributed by atoms with Gasteiger partial charge in [-0.1, -0.05) is 43.8 Å². The van der Waals surface area contributed by atoms with E-state index >= 15 is 0 Å². The first-order valence-electron chi connectivity index (χ1n) is 17.0. The number of imidazole rings is 1. The number of amides is 2. The van der Waals surface area contributed by atoms with Crippen molar-refractivity contribution in [2.24, 2.45) is 5.41 Å². The molecule has 59 heavy (non-hydrogen) atoms. The first kappa shape index (κ1) is 48.0. The van der Waals surface area contributed by atoms with E-state index < -0.39 is 84.6 Å². The van der Waals surface area contributed by atoms with Gasteiger partial charge in [-0.05, 0) is 23.8 Å². The van der Waals surface area contributed by atoms with Gasteiger partial charge in [0.1, 0.15) is 42.0 Å². The van der Waals surface area contributed by atoms with Crippen LogP contribution >= 0.6 is 35.2 Å². The zero-order valence-corrected chi connectivity index (χ0v) is 34.5. The number of carbonyl (C=O) groups excluding carboxylic acids is 3. The highest BCUT2D eigenvalue weighted by molar-refractivity contribution is 8.14. The predicted molar refractivity (Wildman–Crippen MR) is 204 cm³/mol. The van der Waals surface area contributed by atoms with E-state index in [0.29, 0.717) is 5.56 Å². The third-order valence-corrected chi connectivity index (χ3v) is 12.0. The number of benzene rings is 1. The SMILES string of the molecule is CC(C)(COP(=O)(O)OP(=O)(O)OC[C@H]1O[C@@H](n2cnc3c(N)ncnc32)[C@H](O)[C@@H]1OP(=O)(O)O)C(O)C(=O)NCCC(=O)NCCSC(=O)/C=C/c1ccc(O)cc1. The third kappa shape index (κ3) is 14.5. The second kappa shape index (κ2) is 20.3. The molecule has 3 aromatic rings. The van der Waals surface area contributed by atoms with Gasteiger partial charge in [0.2, 0.25) is 16.9 Å². The molecule has 4 rings (SSSR count). The van der Waals surface area contributed by atoms with E-state index in [0.717, 1.165) is 29.0 Å². The quantitative estimate of drug-likeness (QED) is 0.0384. The Bertz CT molecular complexity index is 2140. The molecule has 25 nitrogen and oxygen atoms in total. The van der Waals surface area contributed by atoms with Gasteiger partial charge in [-0.2, -0.15) is 4.31 Å². The molecule has 1 aliphatic heterocycles. The number of aromatic hydroxyl groups is 1. The number of phosphoric ester groups is 3. The second-order valence-electron chi connectivity index (χ2n) is 13.2. The van der Waals surface area contributed by atoms with Gasteiger partial charge in [0.05, 0.1) is 19.5 Å².